The van der Waals surface area contributed by atoms with Crippen LogP contribution < -0.4 is 5.32 Å². The highest BCUT2D eigenvalue weighted by Gasteiger charge is 2.51. The number of carboxylic acid groups (broad SMARTS) is 1. The van der Waals surface area contributed by atoms with Gasteiger partial charge in [0.1, 0.15) is 5.41 Å². The summed E-state index contributed by atoms with van der Waals surface area (Å²) in [6, 6.07) is 0. The molecule has 0 aromatic rings. The van der Waals surface area contributed by atoms with Gasteiger partial charge in [0.25, 0.3) is 0 Å². The molecule has 102 valence electrons. The van der Waals surface area contributed by atoms with Crippen molar-refractivity contribution in [3.05, 3.63) is 0 Å². The van der Waals surface area contributed by atoms with Crippen LogP contribution in [0.5, 0.6) is 0 Å². The lowest BCUT2D eigenvalue weighted by atomic mass is 9.68. The number of ether oxygens (including phenoxy) is 1. The maximum Gasteiger partial charge on any atom is 0.319 e. The number of hydrogen-bond donors (Lipinski definition) is 2. The van der Waals surface area contributed by atoms with Crippen LogP contribution in [0.2, 0.25) is 0 Å². The van der Waals surface area contributed by atoms with Crippen LogP contribution in [0.1, 0.15) is 39.0 Å². The Labute approximate surface area is 107 Å². The van der Waals surface area contributed by atoms with Gasteiger partial charge in [0, 0.05) is 19.8 Å². The van der Waals surface area contributed by atoms with E-state index in [0.717, 1.165) is 32.5 Å². The third-order valence-corrected chi connectivity index (χ3v) is 4.43. The van der Waals surface area contributed by atoms with Gasteiger partial charge in [0.15, 0.2) is 0 Å². The fraction of sp³-hybridized carbons (Fsp3) is 0.846. The number of carboxylic acids is 1. The average Bonchev–Trinajstić information content (AvgIpc) is 2.25. The summed E-state index contributed by atoms with van der Waals surface area (Å²) in [5.74, 6) is -1.29. The molecule has 0 spiro atoms. The molecule has 0 atom stereocenters. The van der Waals surface area contributed by atoms with Crippen LogP contribution in [0.15, 0.2) is 0 Å². The molecule has 2 rings (SSSR count). The summed E-state index contributed by atoms with van der Waals surface area (Å²) in [7, 11) is 0. The number of nitrogens with one attached hydrogen (secondary N) is 1. The van der Waals surface area contributed by atoms with E-state index in [1.165, 1.54) is 0 Å². The van der Waals surface area contributed by atoms with Gasteiger partial charge in [-0.15, -0.1) is 0 Å². The maximum atomic E-state index is 12.1. The summed E-state index contributed by atoms with van der Waals surface area (Å²) in [6.07, 6.45) is 3.58. The topological polar surface area (TPSA) is 75.6 Å². The van der Waals surface area contributed by atoms with Crippen LogP contribution in [0.3, 0.4) is 0 Å². The van der Waals surface area contributed by atoms with E-state index in [1.54, 1.807) is 0 Å². The summed E-state index contributed by atoms with van der Waals surface area (Å²) in [5.41, 5.74) is -1.11. The Bertz CT molecular complexity index is 343. The standard InChI is InChI=1S/C13H21NO4/c1-12(5-7-18-8-6-12)9-14-10(15)13(11(16)17)3-2-4-13/h2-9H2,1H3,(H,14,15)(H,16,17). The first-order chi connectivity index (χ1) is 8.49. The number of aliphatic carboxylic acids is 1. The Morgan fingerprint density at radius 1 is 1.22 bits per heavy atom. The average molecular weight is 255 g/mol. The molecule has 0 aromatic heterocycles. The lowest BCUT2D eigenvalue weighted by Gasteiger charge is -2.38. The maximum absolute atomic E-state index is 12.1. The fourth-order valence-corrected chi connectivity index (χ4v) is 2.57. The van der Waals surface area contributed by atoms with E-state index in [9.17, 15) is 14.7 Å². The third-order valence-electron chi connectivity index (χ3n) is 4.43. The van der Waals surface area contributed by atoms with Crippen molar-refractivity contribution in [2.45, 2.75) is 39.0 Å². The minimum absolute atomic E-state index is 0.0390. The largest absolute Gasteiger partial charge is 0.480 e. The lowest BCUT2D eigenvalue weighted by molar-refractivity contribution is -0.162. The predicted octanol–water partition coefficient (Wildman–Crippen LogP) is 1.17. The number of hydrogen-bond acceptors (Lipinski definition) is 3. The first-order valence-electron chi connectivity index (χ1n) is 6.58. The molecule has 5 nitrogen and oxygen atoms in total. The summed E-state index contributed by atoms with van der Waals surface area (Å²) in [6.45, 7) is 4.10. The highest BCUT2D eigenvalue weighted by Crippen LogP contribution is 2.41. The zero-order valence-corrected chi connectivity index (χ0v) is 10.8. The molecule has 2 aliphatic rings. The molecule has 1 aliphatic heterocycles. The predicted molar refractivity (Wildman–Crippen MR) is 65.1 cm³/mol. The van der Waals surface area contributed by atoms with Crippen LogP contribution in [0.4, 0.5) is 0 Å². The van der Waals surface area contributed by atoms with Crippen molar-refractivity contribution >= 4 is 11.9 Å². The van der Waals surface area contributed by atoms with Crippen LogP contribution in [0, 0.1) is 10.8 Å². The summed E-state index contributed by atoms with van der Waals surface area (Å²) in [5, 5.41) is 12.0. The van der Waals surface area contributed by atoms with Gasteiger partial charge in [0.05, 0.1) is 0 Å². The van der Waals surface area contributed by atoms with Gasteiger partial charge < -0.3 is 15.2 Å². The lowest BCUT2D eigenvalue weighted by Crippen LogP contribution is -2.53. The molecule has 0 aromatic carbocycles. The van der Waals surface area contributed by atoms with Crippen LogP contribution >= 0.6 is 0 Å². The number of carbonyl (C=O) groups is 2. The molecular formula is C13H21NO4. The number of amides is 1. The molecule has 1 saturated carbocycles. The van der Waals surface area contributed by atoms with Crippen molar-refractivity contribution in [3.8, 4) is 0 Å². The van der Waals surface area contributed by atoms with Gasteiger partial charge in [-0.05, 0) is 31.1 Å². The van der Waals surface area contributed by atoms with Crippen molar-refractivity contribution in [3.63, 3.8) is 0 Å². The third kappa shape index (κ3) is 2.36. The molecule has 18 heavy (non-hydrogen) atoms. The van der Waals surface area contributed by atoms with Crippen molar-refractivity contribution in [2.75, 3.05) is 19.8 Å². The first kappa shape index (κ1) is 13.3. The van der Waals surface area contributed by atoms with Gasteiger partial charge >= 0.3 is 5.97 Å². The molecule has 1 heterocycles. The van der Waals surface area contributed by atoms with E-state index in [1.807, 2.05) is 0 Å². The highest BCUT2D eigenvalue weighted by molar-refractivity contribution is 6.02. The molecule has 5 heteroatoms. The summed E-state index contributed by atoms with van der Waals surface area (Å²) in [4.78, 5) is 23.2. The van der Waals surface area contributed by atoms with E-state index >= 15 is 0 Å². The highest BCUT2D eigenvalue weighted by atomic mass is 16.5. The molecule has 2 fully saturated rings. The van der Waals surface area contributed by atoms with E-state index < -0.39 is 11.4 Å². The second kappa shape index (κ2) is 4.88. The molecule has 1 amide bonds. The summed E-state index contributed by atoms with van der Waals surface area (Å²) >= 11 is 0. The van der Waals surface area contributed by atoms with Gasteiger partial charge in [-0.25, -0.2) is 0 Å². The second-order valence-corrected chi connectivity index (χ2v) is 5.85. The van der Waals surface area contributed by atoms with Crippen molar-refractivity contribution < 1.29 is 19.4 Å². The van der Waals surface area contributed by atoms with Gasteiger partial charge in [-0.2, -0.15) is 0 Å². The zero-order chi connectivity index (χ0) is 13.2. The Hall–Kier alpha value is -1.10. The van der Waals surface area contributed by atoms with Crippen molar-refractivity contribution in [1.82, 2.24) is 5.32 Å². The minimum Gasteiger partial charge on any atom is -0.480 e. The molecule has 1 saturated heterocycles. The van der Waals surface area contributed by atoms with Crippen LogP contribution in [-0.2, 0) is 14.3 Å². The van der Waals surface area contributed by atoms with Gasteiger partial charge in [0.2, 0.25) is 5.91 Å². The van der Waals surface area contributed by atoms with Crippen molar-refractivity contribution in [1.29, 1.82) is 0 Å². The van der Waals surface area contributed by atoms with Gasteiger partial charge in [-0.1, -0.05) is 13.3 Å². The molecule has 0 unspecified atom stereocenters. The molecule has 1 aliphatic carbocycles. The number of carbonyl (C=O) groups excluding carboxylic acids is 1. The zero-order valence-electron chi connectivity index (χ0n) is 10.8. The SMILES string of the molecule is CC1(CNC(=O)C2(C(=O)O)CCC2)CCOCC1. The molecule has 0 radical (unpaired) electrons. The Morgan fingerprint density at radius 2 is 1.83 bits per heavy atom. The Kier molecular flexibility index (Phi) is 3.61. The monoisotopic (exact) mass is 255 g/mol. The number of rotatable bonds is 4. The smallest absolute Gasteiger partial charge is 0.319 e. The minimum atomic E-state index is -1.15. The van der Waals surface area contributed by atoms with E-state index in [4.69, 9.17) is 4.74 Å². The fourth-order valence-electron chi connectivity index (χ4n) is 2.57. The Morgan fingerprint density at radius 3 is 2.28 bits per heavy atom. The molecular weight excluding hydrogens is 234 g/mol. The quantitative estimate of drug-likeness (QED) is 0.739. The molecule has 2 N–H and O–H groups in total. The summed E-state index contributed by atoms with van der Waals surface area (Å²) < 4.78 is 5.30. The van der Waals surface area contributed by atoms with Gasteiger partial charge in [-0.3, -0.25) is 9.59 Å². The normalized spacial score (nSPS) is 24.9. The Balaban J connectivity index is 1.89. The van der Waals surface area contributed by atoms with Crippen LogP contribution in [-0.4, -0.2) is 36.7 Å². The molecule has 0 bridgehead atoms. The second-order valence-electron chi connectivity index (χ2n) is 5.85. The van der Waals surface area contributed by atoms with E-state index in [2.05, 4.69) is 12.2 Å². The van der Waals surface area contributed by atoms with E-state index in [-0.39, 0.29) is 11.3 Å². The van der Waals surface area contributed by atoms with E-state index in [0.29, 0.717) is 19.4 Å². The first-order valence-corrected chi connectivity index (χ1v) is 6.58. The van der Waals surface area contributed by atoms with Crippen LogP contribution in [0.25, 0.3) is 0 Å². The van der Waals surface area contributed by atoms with Crippen molar-refractivity contribution in [2.24, 2.45) is 10.8 Å².